The van der Waals surface area contributed by atoms with E-state index in [4.69, 9.17) is 4.74 Å². The number of cyclic esters (lactones) is 1. The van der Waals surface area contributed by atoms with Crippen LogP contribution in [-0.2, 0) is 14.3 Å². The highest BCUT2D eigenvalue weighted by Gasteiger charge is 2.19. The van der Waals surface area contributed by atoms with Crippen LogP contribution < -0.4 is 5.32 Å². The lowest BCUT2D eigenvalue weighted by atomic mass is 10.6. The molecule has 0 aromatic heterocycles. The first-order valence-corrected chi connectivity index (χ1v) is 3.62. The standard InChI is InChI=1S/C6H9N3O4/c1-7-4(10)2-12-3-5-8-9-6(11)13-5/h5H,2-3H2,1H3,(H,7,10). The molecule has 1 rings (SSSR count). The summed E-state index contributed by atoms with van der Waals surface area (Å²) in [7, 11) is 1.50. The van der Waals surface area contributed by atoms with Gasteiger partial charge in [0.2, 0.25) is 12.1 Å². The van der Waals surface area contributed by atoms with Crippen molar-refractivity contribution in [3.05, 3.63) is 0 Å². The third-order valence-electron chi connectivity index (χ3n) is 1.28. The zero-order chi connectivity index (χ0) is 9.68. The largest absolute Gasteiger partial charge is 0.454 e. The average molecular weight is 187 g/mol. The normalized spacial score (nSPS) is 20.1. The smallest absolute Gasteiger partial charge is 0.417 e. The molecule has 1 unspecified atom stereocenters. The minimum Gasteiger partial charge on any atom is -0.417 e. The molecule has 13 heavy (non-hydrogen) atoms. The number of ether oxygens (including phenoxy) is 2. The molecular weight excluding hydrogens is 178 g/mol. The molecule has 1 N–H and O–H groups in total. The van der Waals surface area contributed by atoms with Crippen LogP contribution in [0.25, 0.3) is 0 Å². The van der Waals surface area contributed by atoms with Crippen LogP contribution in [0.4, 0.5) is 4.79 Å². The van der Waals surface area contributed by atoms with Crippen molar-refractivity contribution in [2.24, 2.45) is 10.2 Å². The Bertz CT molecular complexity index is 240. The Morgan fingerprint density at radius 3 is 3.08 bits per heavy atom. The molecule has 0 aromatic rings. The van der Waals surface area contributed by atoms with Crippen molar-refractivity contribution in [1.82, 2.24) is 5.32 Å². The van der Waals surface area contributed by atoms with E-state index >= 15 is 0 Å². The summed E-state index contributed by atoms with van der Waals surface area (Å²) in [6, 6.07) is 0. The topological polar surface area (TPSA) is 89.4 Å². The van der Waals surface area contributed by atoms with Crippen LogP contribution in [0, 0.1) is 0 Å². The number of likely N-dealkylation sites (N-methyl/N-ethyl adjacent to an activating group) is 1. The molecule has 0 aliphatic carbocycles. The molecule has 0 spiro atoms. The second-order valence-electron chi connectivity index (χ2n) is 2.24. The molecule has 1 aliphatic rings. The van der Waals surface area contributed by atoms with Crippen LogP contribution in [0.3, 0.4) is 0 Å². The average Bonchev–Trinajstić information content (AvgIpc) is 2.51. The Morgan fingerprint density at radius 1 is 1.77 bits per heavy atom. The fourth-order valence-corrected chi connectivity index (χ4v) is 0.667. The van der Waals surface area contributed by atoms with Gasteiger partial charge in [-0.15, -0.1) is 5.11 Å². The van der Waals surface area contributed by atoms with Crippen LogP contribution >= 0.6 is 0 Å². The van der Waals surface area contributed by atoms with Crippen LogP contribution in [0.2, 0.25) is 0 Å². The van der Waals surface area contributed by atoms with Crippen molar-refractivity contribution in [1.29, 1.82) is 0 Å². The van der Waals surface area contributed by atoms with Gasteiger partial charge in [0.15, 0.2) is 0 Å². The second kappa shape index (κ2) is 4.51. The third kappa shape index (κ3) is 3.16. The van der Waals surface area contributed by atoms with Crippen LogP contribution in [0.1, 0.15) is 0 Å². The van der Waals surface area contributed by atoms with Crippen LogP contribution in [0.5, 0.6) is 0 Å². The molecule has 0 bridgehead atoms. The van der Waals surface area contributed by atoms with Gasteiger partial charge in [0.1, 0.15) is 13.2 Å². The van der Waals surface area contributed by atoms with E-state index in [1.54, 1.807) is 0 Å². The minimum absolute atomic E-state index is 0.0443. The molecule has 1 heterocycles. The summed E-state index contributed by atoms with van der Waals surface area (Å²) in [6.07, 6.45) is -1.44. The fraction of sp³-hybridized carbons (Fsp3) is 0.667. The van der Waals surface area contributed by atoms with E-state index in [1.165, 1.54) is 7.05 Å². The highest BCUT2D eigenvalue weighted by atomic mass is 16.6. The summed E-state index contributed by atoms with van der Waals surface area (Å²) in [5.41, 5.74) is 0. The first-order chi connectivity index (χ1) is 6.22. The maximum Gasteiger partial charge on any atom is 0.454 e. The number of carbonyl (C=O) groups is 2. The molecule has 0 fully saturated rings. The molecular formula is C6H9N3O4. The van der Waals surface area contributed by atoms with Crippen molar-refractivity contribution in [2.45, 2.75) is 6.23 Å². The lowest BCUT2D eigenvalue weighted by Crippen LogP contribution is -2.25. The number of carbonyl (C=O) groups excluding carboxylic acids is 2. The molecule has 1 atom stereocenters. The molecule has 0 aromatic carbocycles. The molecule has 2 amide bonds. The van der Waals surface area contributed by atoms with Crippen molar-refractivity contribution in [2.75, 3.05) is 20.3 Å². The number of hydrogen-bond donors (Lipinski definition) is 1. The van der Waals surface area contributed by atoms with Gasteiger partial charge in [0.05, 0.1) is 0 Å². The summed E-state index contributed by atoms with van der Waals surface area (Å²) in [6.45, 7) is -0.0390. The van der Waals surface area contributed by atoms with Crippen LogP contribution in [0.15, 0.2) is 10.2 Å². The van der Waals surface area contributed by atoms with Gasteiger partial charge in [0.25, 0.3) is 0 Å². The highest BCUT2D eigenvalue weighted by molar-refractivity contribution is 5.76. The molecule has 7 heteroatoms. The van der Waals surface area contributed by atoms with Gasteiger partial charge in [-0.1, -0.05) is 5.11 Å². The summed E-state index contributed by atoms with van der Waals surface area (Å²) < 4.78 is 9.42. The Labute approximate surface area is 74.1 Å². The number of nitrogens with one attached hydrogen (secondary N) is 1. The number of amides is 2. The molecule has 0 saturated heterocycles. The fourth-order valence-electron chi connectivity index (χ4n) is 0.667. The molecule has 0 radical (unpaired) electrons. The molecule has 1 aliphatic heterocycles. The van der Waals surface area contributed by atoms with Gasteiger partial charge in [-0.2, -0.15) is 0 Å². The van der Waals surface area contributed by atoms with Crippen molar-refractivity contribution in [3.63, 3.8) is 0 Å². The van der Waals surface area contributed by atoms with Crippen molar-refractivity contribution in [3.8, 4) is 0 Å². The SMILES string of the molecule is CNC(=O)COCC1N=NC(=O)O1. The number of rotatable bonds is 4. The summed E-state index contributed by atoms with van der Waals surface area (Å²) >= 11 is 0. The molecule has 0 saturated carbocycles. The minimum atomic E-state index is -0.728. The highest BCUT2D eigenvalue weighted by Crippen LogP contribution is 2.06. The van der Waals surface area contributed by atoms with Gasteiger partial charge >= 0.3 is 6.09 Å². The lowest BCUT2D eigenvalue weighted by molar-refractivity contribution is -0.126. The maximum absolute atomic E-state index is 10.7. The predicted molar refractivity (Wildman–Crippen MR) is 40.0 cm³/mol. The van der Waals surface area contributed by atoms with Crippen LogP contribution in [-0.4, -0.2) is 38.5 Å². The van der Waals surface area contributed by atoms with Gasteiger partial charge in [-0.25, -0.2) is 4.79 Å². The first-order valence-electron chi connectivity index (χ1n) is 3.62. The van der Waals surface area contributed by atoms with Crippen molar-refractivity contribution < 1.29 is 19.1 Å². The number of hydrogen-bond acceptors (Lipinski definition) is 5. The Kier molecular flexibility index (Phi) is 3.32. The van der Waals surface area contributed by atoms with E-state index in [0.29, 0.717) is 0 Å². The van der Waals surface area contributed by atoms with Gasteiger partial charge < -0.3 is 14.8 Å². The zero-order valence-electron chi connectivity index (χ0n) is 7.02. The second-order valence-corrected chi connectivity index (χ2v) is 2.24. The quantitative estimate of drug-likeness (QED) is 0.652. The van der Waals surface area contributed by atoms with Gasteiger partial charge in [-0.3, -0.25) is 4.79 Å². The zero-order valence-corrected chi connectivity index (χ0v) is 7.02. The van der Waals surface area contributed by atoms with Gasteiger partial charge in [0, 0.05) is 7.05 Å². The predicted octanol–water partition coefficient (Wildman–Crippen LogP) is -0.323. The Balaban J connectivity index is 2.10. The van der Waals surface area contributed by atoms with E-state index in [9.17, 15) is 9.59 Å². The van der Waals surface area contributed by atoms with Crippen molar-refractivity contribution >= 4 is 12.0 Å². The van der Waals surface area contributed by atoms with E-state index < -0.39 is 12.3 Å². The van der Waals surface area contributed by atoms with E-state index in [-0.39, 0.29) is 19.1 Å². The number of nitrogens with zero attached hydrogens (tertiary/aromatic N) is 2. The number of azo groups is 1. The summed E-state index contributed by atoms with van der Waals surface area (Å²) in [5.74, 6) is -0.249. The van der Waals surface area contributed by atoms with E-state index in [2.05, 4.69) is 20.3 Å². The third-order valence-corrected chi connectivity index (χ3v) is 1.28. The maximum atomic E-state index is 10.7. The Hall–Kier alpha value is -1.50. The summed E-state index contributed by atoms with van der Waals surface area (Å²) in [4.78, 5) is 21.0. The first kappa shape index (κ1) is 9.59. The van der Waals surface area contributed by atoms with Gasteiger partial charge in [-0.05, 0) is 0 Å². The lowest BCUT2D eigenvalue weighted by Gasteiger charge is -2.05. The Morgan fingerprint density at radius 2 is 2.54 bits per heavy atom. The monoisotopic (exact) mass is 187 g/mol. The van der Waals surface area contributed by atoms with E-state index in [0.717, 1.165) is 0 Å². The molecule has 7 nitrogen and oxygen atoms in total. The molecule has 72 valence electrons. The summed E-state index contributed by atoms with van der Waals surface area (Å²) in [5, 5.41) is 8.93. The van der Waals surface area contributed by atoms with E-state index in [1.807, 2.05) is 0 Å².